The summed E-state index contributed by atoms with van der Waals surface area (Å²) < 4.78 is 0. The molecule has 134 valence electrons. The number of benzene rings is 1. The normalized spacial score (nSPS) is 23.8. The lowest BCUT2D eigenvalue weighted by Gasteiger charge is -2.24. The lowest BCUT2D eigenvalue weighted by Crippen LogP contribution is -2.35. The van der Waals surface area contributed by atoms with Crippen LogP contribution in [-0.4, -0.2) is 36.8 Å². The van der Waals surface area contributed by atoms with E-state index in [1.165, 1.54) is 5.56 Å². The Labute approximate surface area is 150 Å². The second-order valence-corrected chi connectivity index (χ2v) is 7.31. The van der Waals surface area contributed by atoms with Crippen LogP contribution in [-0.2, 0) is 4.79 Å². The van der Waals surface area contributed by atoms with Gasteiger partial charge < -0.3 is 15.7 Å². The van der Waals surface area contributed by atoms with E-state index >= 15 is 0 Å². The Hall–Kier alpha value is -1.10. The Kier molecular flexibility index (Phi) is 6.67. The summed E-state index contributed by atoms with van der Waals surface area (Å²) in [7, 11) is 0. The molecule has 1 spiro atoms. The van der Waals surface area contributed by atoms with E-state index in [1.54, 1.807) is 0 Å². The van der Waals surface area contributed by atoms with E-state index < -0.39 is 0 Å². The van der Waals surface area contributed by atoms with Gasteiger partial charge in [-0.25, -0.2) is 0 Å². The molecule has 3 rings (SSSR count). The van der Waals surface area contributed by atoms with Crippen molar-refractivity contribution < 1.29 is 9.90 Å². The van der Waals surface area contributed by atoms with E-state index in [-0.39, 0.29) is 41.7 Å². The number of piperidine rings is 1. The van der Waals surface area contributed by atoms with Gasteiger partial charge in [0.05, 0.1) is 6.10 Å². The van der Waals surface area contributed by atoms with Crippen LogP contribution in [0.1, 0.15) is 44.1 Å². The van der Waals surface area contributed by atoms with Crippen molar-refractivity contribution in [1.29, 1.82) is 0 Å². The number of halogens is 1. The summed E-state index contributed by atoms with van der Waals surface area (Å²) in [6.45, 7) is 4.50. The smallest absolute Gasteiger partial charge is 0.223 e. The van der Waals surface area contributed by atoms with Crippen LogP contribution in [0.2, 0.25) is 0 Å². The molecule has 1 aromatic carbocycles. The maximum atomic E-state index is 12.5. The first-order valence-corrected chi connectivity index (χ1v) is 8.82. The quantitative estimate of drug-likeness (QED) is 0.737. The van der Waals surface area contributed by atoms with Crippen LogP contribution < -0.4 is 10.6 Å². The number of hydrogen-bond donors (Lipinski definition) is 3. The van der Waals surface area contributed by atoms with Crippen LogP contribution in [0, 0.1) is 11.3 Å². The van der Waals surface area contributed by atoms with Crippen molar-refractivity contribution in [3.63, 3.8) is 0 Å². The molecule has 24 heavy (non-hydrogen) atoms. The molecule has 0 aromatic heterocycles. The number of aliphatic hydroxyl groups excluding tert-OH is 1. The molecule has 0 bridgehead atoms. The van der Waals surface area contributed by atoms with E-state index in [0.717, 1.165) is 32.4 Å². The summed E-state index contributed by atoms with van der Waals surface area (Å²) in [5.74, 6) is 0.578. The molecule has 1 saturated heterocycles. The van der Waals surface area contributed by atoms with Crippen molar-refractivity contribution in [3.05, 3.63) is 35.9 Å². The van der Waals surface area contributed by atoms with Crippen LogP contribution in [0.25, 0.3) is 0 Å². The van der Waals surface area contributed by atoms with E-state index in [1.807, 2.05) is 25.1 Å². The number of carbonyl (C=O) groups is 1. The van der Waals surface area contributed by atoms with E-state index in [9.17, 15) is 9.90 Å². The van der Waals surface area contributed by atoms with Gasteiger partial charge in [-0.3, -0.25) is 4.79 Å². The Balaban J connectivity index is 0.00000208. The fourth-order valence-electron chi connectivity index (χ4n) is 4.02. The zero-order valence-electron chi connectivity index (χ0n) is 14.3. The van der Waals surface area contributed by atoms with Crippen molar-refractivity contribution in [3.8, 4) is 0 Å². The number of hydrogen-bond acceptors (Lipinski definition) is 3. The molecule has 1 amide bonds. The molecule has 3 N–H and O–H groups in total. The van der Waals surface area contributed by atoms with Gasteiger partial charge in [-0.2, -0.15) is 0 Å². The minimum Gasteiger partial charge on any atom is -0.393 e. The lowest BCUT2D eigenvalue weighted by atomic mass is 9.91. The third-order valence-electron chi connectivity index (χ3n) is 5.52. The third-order valence-corrected chi connectivity index (χ3v) is 5.52. The largest absolute Gasteiger partial charge is 0.393 e. The van der Waals surface area contributed by atoms with Gasteiger partial charge in [-0.1, -0.05) is 30.3 Å². The molecule has 3 atom stereocenters. The highest BCUT2D eigenvalue weighted by molar-refractivity contribution is 5.85. The van der Waals surface area contributed by atoms with Crippen molar-refractivity contribution in [2.45, 2.75) is 44.6 Å². The molecule has 1 aliphatic heterocycles. The van der Waals surface area contributed by atoms with Crippen molar-refractivity contribution in [2.24, 2.45) is 11.3 Å². The zero-order chi connectivity index (χ0) is 16.3. The van der Waals surface area contributed by atoms with Gasteiger partial charge in [0.2, 0.25) is 5.91 Å². The minimum atomic E-state index is -0.367. The Morgan fingerprint density at radius 2 is 2.00 bits per heavy atom. The number of rotatable bonds is 6. The third kappa shape index (κ3) is 4.50. The summed E-state index contributed by atoms with van der Waals surface area (Å²) in [6.07, 6.45) is 3.60. The highest BCUT2D eigenvalue weighted by Gasteiger charge is 2.57. The first-order chi connectivity index (χ1) is 11.1. The van der Waals surface area contributed by atoms with Crippen LogP contribution in [0.5, 0.6) is 0 Å². The first kappa shape index (κ1) is 19.2. The molecular weight excluding hydrogens is 324 g/mol. The molecule has 1 aromatic rings. The number of amides is 1. The summed E-state index contributed by atoms with van der Waals surface area (Å²) in [6, 6.07) is 10.2. The predicted molar refractivity (Wildman–Crippen MR) is 98.4 cm³/mol. The molecule has 4 nitrogen and oxygen atoms in total. The average molecular weight is 353 g/mol. The summed E-state index contributed by atoms with van der Waals surface area (Å²) in [5, 5.41) is 16.3. The second kappa shape index (κ2) is 8.32. The van der Waals surface area contributed by atoms with Gasteiger partial charge in [0.15, 0.2) is 0 Å². The SMILES string of the molecule is CC(O)CC(CNC(=O)C1CC12CCNCC2)c1ccccc1.Cl. The van der Waals surface area contributed by atoms with Gasteiger partial charge in [-0.05, 0) is 56.7 Å². The van der Waals surface area contributed by atoms with Crippen LogP contribution >= 0.6 is 12.4 Å². The summed E-state index contributed by atoms with van der Waals surface area (Å²) >= 11 is 0. The molecule has 5 heteroatoms. The van der Waals surface area contributed by atoms with Crippen molar-refractivity contribution in [1.82, 2.24) is 10.6 Å². The second-order valence-electron chi connectivity index (χ2n) is 7.31. The Morgan fingerprint density at radius 1 is 1.33 bits per heavy atom. The minimum absolute atomic E-state index is 0. The Morgan fingerprint density at radius 3 is 2.62 bits per heavy atom. The van der Waals surface area contributed by atoms with Gasteiger partial charge >= 0.3 is 0 Å². The molecule has 3 unspecified atom stereocenters. The lowest BCUT2D eigenvalue weighted by molar-refractivity contribution is -0.123. The highest BCUT2D eigenvalue weighted by atomic mass is 35.5. The van der Waals surface area contributed by atoms with Crippen LogP contribution in [0.4, 0.5) is 0 Å². The molecule has 0 radical (unpaired) electrons. The molecular formula is C19H29ClN2O2. The fourth-order valence-corrected chi connectivity index (χ4v) is 4.02. The summed E-state index contributed by atoms with van der Waals surface area (Å²) in [4.78, 5) is 12.5. The van der Waals surface area contributed by atoms with Gasteiger partial charge in [0.25, 0.3) is 0 Å². The fraction of sp³-hybridized carbons (Fsp3) is 0.632. The maximum absolute atomic E-state index is 12.5. The molecule has 2 fully saturated rings. The van der Waals surface area contributed by atoms with Gasteiger partial charge in [0.1, 0.15) is 0 Å². The van der Waals surface area contributed by atoms with Gasteiger partial charge in [0, 0.05) is 18.4 Å². The maximum Gasteiger partial charge on any atom is 0.223 e. The van der Waals surface area contributed by atoms with Crippen molar-refractivity contribution >= 4 is 18.3 Å². The molecule has 1 heterocycles. The summed E-state index contributed by atoms with van der Waals surface area (Å²) in [5.41, 5.74) is 1.46. The highest BCUT2D eigenvalue weighted by Crippen LogP contribution is 2.58. The molecule has 2 aliphatic rings. The average Bonchev–Trinajstić information content (AvgIpc) is 3.25. The monoisotopic (exact) mass is 352 g/mol. The molecule has 1 aliphatic carbocycles. The zero-order valence-corrected chi connectivity index (χ0v) is 15.1. The van der Waals surface area contributed by atoms with E-state index in [0.29, 0.717) is 13.0 Å². The topological polar surface area (TPSA) is 61.4 Å². The van der Waals surface area contributed by atoms with Gasteiger partial charge in [-0.15, -0.1) is 12.4 Å². The molecule has 1 saturated carbocycles. The van der Waals surface area contributed by atoms with Crippen molar-refractivity contribution in [2.75, 3.05) is 19.6 Å². The first-order valence-electron chi connectivity index (χ1n) is 8.82. The van der Waals surface area contributed by atoms with Crippen LogP contribution in [0.15, 0.2) is 30.3 Å². The van der Waals surface area contributed by atoms with E-state index in [4.69, 9.17) is 0 Å². The number of nitrogens with one attached hydrogen (secondary N) is 2. The predicted octanol–water partition coefficient (Wildman–Crippen LogP) is 2.47. The van der Waals surface area contributed by atoms with E-state index in [2.05, 4.69) is 22.8 Å². The Bertz CT molecular complexity index is 529. The van der Waals surface area contributed by atoms with Crippen LogP contribution in [0.3, 0.4) is 0 Å². The standard InChI is InChI=1S/C19H28N2O2.ClH/c1-14(22)11-16(15-5-3-2-4-6-15)13-21-18(23)17-12-19(17)7-9-20-10-8-19;/h2-6,14,16-17,20,22H,7-13H2,1H3,(H,21,23);1H. The number of carbonyl (C=O) groups excluding carboxylic acids is 1. The number of aliphatic hydroxyl groups is 1.